The topological polar surface area (TPSA) is 60.2 Å². The van der Waals surface area contributed by atoms with Gasteiger partial charge in [-0.1, -0.05) is 18.2 Å². The van der Waals surface area contributed by atoms with E-state index in [-0.39, 0.29) is 23.8 Å². The zero-order valence-electron chi connectivity index (χ0n) is 13.6. The van der Waals surface area contributed by atoms with Crippen LogP contribution in [0.4, 0.5) is 0 Å². The third-order valence-corrected chi connectivity index (χ3v) is 4.08. The molecule has 23 heavy (non-hydrogen) atoms. The number of hydrogen-bond donors (Lipinski definition) is 0. The van der Waals surface area contributed by atoms with E-state index in [0.29, 0.717) is 13.2 Å². The molecule has 1 aliphatic heterocycles. The minimum Gasteiger partial charge on any atom is -0.381 e. The van der Waals surface area contributed by atoms with Gasteiger partial charge in [0.1, 0.15) is 6.33 Å². The smallest absolute Gasteiger partial charge is 0.294 e. The second-order valence-electron chi connectivity index (χ2n) is 6.00. The van der Waals surface area contributed by atoms with Crippen molar-refractivity contribution in [1.29, 1.82) is 0 Å². The van der Waals surface area contributed by atoms with Crippen LogP contribution in [0.25, 0.3) is 5.69 Å². The fraction of sp³-hybridized carbons (Fsp3) is 0.471. The maximum atomic E-state index is 12.9. The van der Waals surface area contributed by atoms with E-state index in [1.54, 1.807) is 11.0 Å². The van der Waals surface area contributed by atoms with Crippen LogP contribution in [0.15, 0.2) is 36.7 Å². The van der Waals surface area contributed by atoms with Crippen LogP contribution < -0.4 is 0 Å². The van der Waals surface area contributed by atoms with Gasteiger partial charge in [0.2, 0.25) is 5.82 Å². The first-order valence-corrected chi connectivity index (χ1v) is 8.04. The molecule has 0 radical (unpaired) electrons. The molecule has 6 nitrogen and oxygen atoms in total. The highest BCUT2D eigenvalue weighted by molar-refractivity contribution is 5.90. The van der Waals surface area contributed by atoms with Gasteiger partial charge in [-0.25, -0.2) is 9.67 Å². The van der Waals surface area contributed by atoms with Crippen molar-refractivity contribution in [3.8, 4) is 5.69 Å². The van der Waals surface area contributed by atoms with E-state index >= 15 is 0 Å². The van der Waals surface area contributed by atoms with Gasteiger partial charge < -0.3 is 9.64 Å². The lowest BCUT2D eigenvalue weighted by atomic mass is 10.1. The van der Waals surface area contributed by atoms with Gasteiger partial charge in [0, 0.05) is 25.3 Å². The van der Waals surface area contributed by atoms with Crippen molar-refractivity contribution < 1.29 is 9.53 Å². The quantitative estimate of drug-likeness (QED) is 0.869. The Morgan fingerprint density at radius 2 is 1.96 bits per heavy atom. The van der Waals surface area contributed by atoms with Crippen molar-refractivity contribution in [3.63, 3.8) is 0 Å². The van der Waals surface area contributed by atoms with Gasteiger partial charge in [-0.2, -0.15) is 0 Å². The fourth-order valence-corrected chi connectivity index (χ4v) is 2.97. The summed E-state index contributed by atoms with van der Waals surface area (Å²) < 4.78 is 7.04. The highest BCUT2D eigenvalue weighted by Gasteiger charge is 2.30. The van der Waals surface area contributed by atoms with Gasteiger partial charge in [-0.15, -0.1) is 5.10 Å². The SMILES string of the molecule is CC(C)N(C(=O)c1ncn(-c2ccccc2)n1)C1CCOCC1. The van der Waals surface area contributed by atoms with Gasteiger partial charge in [0.05, 0.1) is 5.69 Å². The number of amides is 1. The lowest BCUT2D eigenvalue weighted by molar-refractivity contribution is 0.0199. The standard InChI is InChI=1S/C17H22N4O2/c1-13(2)21(15-8-10-23-11-9-15)17(22)16-18-12-20(19-16)14-6-4-3-5-7-14/h3-7,12-13,15H,8-11H2,1-2H3. The Kier molecular flexibility index (Phi) is 4.71. The molecule has 3 rings (SSSR count). The second-order valence-corrected chi connectivity index (χ2v) is 6.00. The number of carbonyl (C=O) groups is 1. The molecule has 0 atom stereocenters. The van der Waals surface area contributed by atoms with Crippen LogP contribution in [-0.4, -0.2) is 50.9 Å². The summed E-state index contributed by atoms with van der Waals surface area (Å²) in [7, 11) is 0. The molecular weight excluding hydrogens is 292 g/mol. The number of rotatable bonds is 4. The van der Waals surface area contributed by atoms with E-state index in [0.717, 1.165) is 18.5 Å². The number of nitrogens with zero attached hydrogens (tertiary/aromatic N) is 4. The van der Waals surface area contributed by atoms with E-state index in [9.17, 15) is 4.79 Å². The summed E-state index contributed by atoms with van der Waals surface area (Å²) in [4.78, 5) is 19.0. The average molecular weight is 314 g/mol. The summed E-state index contributed by atoms with van der Waals surface area (Å²) in [6, 6.07) is 9.97. The molecule has 0 saturated carbocycles. The Morgan fingerprint density at radius 3 is 2.61 bits per heavy atom. The molecular formula is C17H22N4O2. The first-order chi connectivity index (χ1) is 11.2. The maximum absolute atomic E-state index is 12.9. The van der Waals surface area contributed by atoms with Crippen LogP contribution in [0, 0.1) is 0 Å². The van der Waals surface area contributed by atoms with Crippen LogP contribution in [-0.2, 0) is 4.74 Å². The van der Waals surface area contributed by atoms with Gasteiger partial charge >= 0.3 is 0 Å². The van der Waals surface area contributed by atoms with Gasteiger partial charge in [0.25, 0.3) is 5.91 Å². The largest absolute Gasteiger partial charge is 0.381 e. The van der Waals surface area contributed by atoms with Crippen molar-refractivity contribution in [3.05, 3.63) is 42.5 Å². The lowest BCUT2D eigenvalue weighted by Gasteiger charge is -2.36. The van der Waals surface area contributed by atoms with Crippen molar-refractivity contribution in [2.24, 2.45) is 0 Å². The lowest BCUT2D eigenvalue weighted by Crippen LogP contribution is -2.47. The van der Waals surface area contributed by atoms with E-state index < -0.39 is 0 Å². The summed E-state index contributed by atoms with van der Waals surface area (Å²) in [6.45, 7) is 5.46. The summed E-state index contributed by atoms with van der Waals surface area (Å²) >= 11 is 0. The van der Waals surface area contributed by atoms with Crippen molar-refractivity contribution >= 4 is 5.91 Å². The monoisotopic (exact) mass is 314 g/mol. The number of benzene rings is 1. The summed E-state index contributed by atoms with van der Waals surface area (Å²) in [5.74, 6) is 0.135. The molecule has 0 bridgehead atoms. The number of para-hydroxylation sites is 1. The molecule has 0 unspecified atom stereocenters. The summed E-state index contributed by atoms with van der Waals surface area (Å²) in [5, 5.41) is 4.36. The molecule has 0 aliphatic carbocycles. The third-order valence-electron chi connectivity index (χ3n) is 4.08. The molecule has 1 amide bonds. The Hall–Kier alpha value is -2.21. The first-order valence-electron chi connectivity index (χ1n) is 8.04. The van der Waals surface area contributed by atoms with Crippen molar-refractivity contribution in [2.45, 2.75) is 38.8 Å². The van der Waals surface area contributed by atoms with Gasteiger partial charge in [-0.05, 0) is 38.8 Å². The summed E-state index contributed by atoms with van der Waals surface area (Å²) in [5.41, 5.74) is 0.890. The molecule has 1 aromatic carbocycles. The van der Waals surface area contributed by atoms with Crippen LogP contribution >= 0.6 is 0 Å². The van der Waals surface area contributed by atoms with Crippen LogP contribution in [0.1, 0.15) is 37.3 Å². The minimum absolute atomic E-state index is 0.106. The third kappa shape index (κ3) is 3.42. The normalized spacial score (nSPS) is 15.8. The highest BCUT2D eigenvalue weighted by Crippen LogP contribution is 2.19. The Balaban J connectivity index is 1.82. The zero-order chi connectivity index (χ0) is 16.2. The van der Waals surface area contributed by atoms with Crippen LogP contribution in [0.3, 0.4) is 0 Å². The predicted molar refractivity (Wildman–Crippen MR) is 86.5 cm³/mol. The molecule has 2 aromatic rings. The first kappa shape index (κ1) is 15.7. The predicted octanol–water partition coefficient (Wildman–Crippen LogP) is 2.30. The van der Waals surface area contributed by atoms with E-state index in [1.165, 1.54) is 0 Å². The van der Waals surface area contributed by atoms with E-state index in [2.05, 4.69) is 10.1 Å². The van der Waals surface area contributed by atoms with Gasteiger partial charge in [-0.3, -0.25) is 4.79 Å². The Labute approximate surface area is 136 Å². The summed E-state index contributed by atoms with van der Waals surface area (Å²) in [6.07, 6.45) is 3.32. The molecule has 0 N–H and O–H groups in total. The molecule has 1 aliphatic rings. The molecule has 0 spiro atoms. The van der Waals surface area contributed by atoms with E-state index in [1.807, 2.05) is 49.1 Å². The van der Waals surface area contributed by atoms with Crippen LogP contribution in [0.2, 0.25) is 0 Å². The second kappa shape index (κ2) is 6.91. The van der Waals surface area contributed by atoms with Crippen molar-refractivity contribution in [1.82, 2.24) is 19.7 Å². The molecule has 1 fully saturated rings. The molecule has 1 saturated heterocycles. The molecule has 2 heterocycles. The molecule has 1 aromatic heterocycles. The van der Waals surface area contributed by atoms with Gasteiger partial charge in [0.15, 0.2) is 0 Å². The number of aromatic nitrogens is 3. The van der Waals surface area contributed by atoms with Crippen LogP contribution in [0.5, 0.6) is 0 Å². The number of carbonyl (C=O) groups excluding carboxylic acids is 1. The average Bonchev–Trinajstić information content (AvgIpc) is 3.06. The minimum atomic E-state index is -0.110. The number of hydrogen-bond acceptors (Lipinski definition) is 4. The zero-order valence-corrected chi connectivity index (χ0v) is 13.6. The molecule has 122 valence electrons. The Morgan fingerprint density at radius 1 is 1.26 bits per heavy atom. The maximum Gasteiger partial charge on any atom is 0.294 e. The van der Waals surface area contributed by atoms with E-state index in [4.69, 9.17) is 4.74 Å². The fourth-order valence-electron chi connectivity index (χ4n) is 2.97. The van der Waals surface area contributed by atoms with Crippen molar-refractivity contribution in [2.75, 3.05) is 13.2 Å². The number of ether oxygens (including phenoxy) is 1. The Bertz CT molecular complexity index is 648. The molecule has 6 heteroatoms. The highest BCUT2D eigenvalue weighted by atomic mass is 16.5.